The van der Waals surface area contributed by atoms with Crippen LogP contribution in [0.2, 0.25) is 0 Å². The summed E-state index contributed by atoms with van der Waals surface area (Å²) >= 11 is 0. The molecule has 0 bridgehead atoms. The SMILES string of the molecule is CS(=O)(=O)CCC(N)C(=O)NCCC1CCCCO1. The Morgan fingerprint density at radius 3 is 2.79 bits per heavy atom. The van der Waals surface area contributed by atoms with Crippen molar-refractivity contribution in [3.63, 3.8) is 0 Å². The summed E-state index contributed by atoms with van der Waals surface area (Å²) in [5.74, 6) is -0.354. The van der Waals surface area contributed by atoms with Crippen molar-refractivity contribution in [2.45, 2.75) is 44.2 Å². The van der Waals surface area contributed by atoms with Crippen LogP contribution in [0.1, 0.15) is 32.1 Å². The van der Waals surface area contributed by atoms with Crippen LogP contribution in [0, 0.1) is 0 Å². The van der Waals surface area contributed by atoms with Crippen LogP contribution in [0.5, 0.6) is 0 Å². The summed E-state index contributed by atoms with van der Waals surface area (Å²) in [5, 5.41) is 2.73. The van der Waals surface area contributed by atoms with Crippen molar-refractivity contribution in [1.29, 1.82) is 0 Å². The molecule has 1 aliphatic heterocycles. The average Bonchev–Trinajstić information content (AvgIpc) is 2.36. The van der Waals surface area contributed by atoms with Crippen molar-refractivity contribution in [2.24, 2.45) is 5.73 Å². The summed E-state index contributed by atoms with van der Waals surface area (Å²) in [4.78, 5) is 11.6. The first-order valence-corrected chi connectivity index (χ1v) is 8.77. The van der Waals surface area contributed by atoms with Crippen molar-refractivity contribution in [2.75, 3.05) is 25.2 Å². The van der Waals surface area contributed by atoms with E-state index in [1.54, 1.807) is 0 Å². The first-order valence-electron chi connectivity index (χ1n) is 6.71. The predicted octanol–water partition coefficient (Wildman–Crippen LogP) is -0.176. The van der Waals surface area contributed by atoms with Crippen LogP contribution in [0.25, 0.3) is 0 Å². The lowest BCUT2D eigenvalue weighted by molar-refractivity contribution is -0.122. The van der Waals surface area contributed by atoms with E-state index in [-0.39, 0.29) is 24.2 Å². The molecule has 0 aromatic carbocycles. The first-order chi connectivity index (χ1) is 8.88. The van der Waals surface area contributed by atoms with Gasteiger partial charge in [0.15, 0.2) is 0 Å². The molecule has 0 radical (unpaired) electrons. The number of hydrogen-bond acceptors (Lipinski definition) is 5. The molecule has 0 saturated carbocycles. The minimum Gasteiger partial charge on any atom is -0.378 e. The second kappa shape index (κ2) is 7.81. The van der Waals surface area contributed by atoms with Crippen molar-refractivity contribution < 1.29 is 17.9 Å². The van der Waals surface area contributed by atoms with E-state index in [1.807, 2.05) is 0 Å². The molecular formula is C12H24N2O4S. The lowest BCUT2D eigenvalue weighted by atomic mass is 10.1. The fourth-order valence-electron chi connectivity index (χ4n) is 1.99. The molecule has 1 saturated heterocycles. The maximum atomic E-state index is 11.6. The normalized spacial score (nSPS) is 21.9. The molecule has 3 N–H and O–H groups in total. The van der Waals surface area contributed by atoms with Crippen molar-refractivity contribution in [1.82, 2.24) is 5.32 Å². The van der Waals surface area contributed by atoms with Crippen LogP contribution in [0.4, 0.5) is 0 Å². The molecule has 0 aliphatic carbocycles. The molecular weight excluding hydrogens is 268 g/mol. The highest BCUT2D eigenvalue weighted by Crippen LogP contribution is 2.14. The Bertz CT molecular complexity index is 377. The minimum atomic E-state index is -3.07. The zero-order valence-corrected chi connectivity index (χ0v) is 12.2. The largest absolute Gasteiger partial charge is 0.378 e. The molecule has 0 aromatic heterocycles. The van der Waals surface area contributed by atoms with Crippen LogP contribution >= 0.6 is 0 Å². The van der Waals surface area contributed by atoms with Crippen LogP contribution in [-0.2, 0) is 19.4 Å². The van der Waals surface area contributed by atoms with E-state index < -0.39 is 15.9 Å². The minimum absolute atomic E-state index is 0.0622. The number of carbonyl (C=O) groups is 1. The van der Waals surface area contributed by atoms with Crippen LogP contribution < -0.4 is 11.1 Å². The highest BCUT2D eigenvalue weighted by atomic mass is 32.2. The van der Waals surface area contributed by atoms with Gasteiger partial charge in [-0.15, -0.1) is 0 Å². The van der Waals surface area contributed by atoms with Crippen molar-refractivity contribution in [3.8, 4) is 0 Å². The molecule has 1 aliphatic rings. The number of rotatable bonds is 7. The fourth-order valence-corrected chi connectivity index (χ4v) is 2.68. The summed E-state index contributed by atoms with van der Waals surface area (Å²) in [7, 11) is -3.07. The number of nitrogens with one attached hydrogen (secondary N) is 1. The second-order valence-corrected chi connectivity index (χ2v) is 7.35. The number of hydrogen-bond donors (Lipinski definition) is 2. The quantitative estimate of drug-likeness (QED) is 0.678. The highest BCUT2D eigenvalue weighted by Gasteiger charge is 2.17. The third-order valence-corrected chi connectivity index (χ3v) is 4.15. The lowest BCUT2D eigenvalue weighted by Gasteiger charge is -2.22. The molecule has 2 unspecified atom stereocenters. The van der Waals surface area contributed by atoms with Gasteiger partial charge in [0.05, 0.1) is 17.9 Å². The van der Waals surface area contributed by atoms with E-state index in [2.05, 4.69) is 5.32 Å². The standard InChI is InChI=1S/C12H24N2O4S/c1-19(16,17)9-6-11(13)12(15)14-7-5-10-4-2-3-8-18-10/h10-11H,2-9,13H2,1H3,(H,14,15). The molecule has 7 heteroatoms. The van der Waals surface area contributed by atoms with Crippen LogP contribution in [0.3, 0.4) is 0 Å². The highest BCUT2D eigenvalue weighted by molar-refractivity contribution is 7.90. The summed E-state index contributed by atoms with van der Waals surface area (Å²) in [5.41, 5.74) is 5.64. The van der Waals surface area contributed by atoms with Gasteiger partial charge in [0.25, 0.3) is 0 Å². The van der Waals surface area contributed by atoms with E-state index in [0.717, 1.165) is 32.1 Å². The van der Waals surface area contributed by atoms with Crippen LogP contribution in [0.15, 0.2) is 0 Å². The van der Waals surface area contributed by atoms with Gasteiger partial charge in [-0.3, -0.25) is 4.79 Å². The summed E-state index contributed by atoms with van der Waals surface area (Å²) in [6.45, 7) is 1.32. The fraction of sp³-hybridized carbons (Fsp3) is 0.917. The number of amides is 1. The average molecular weight is 292 g/mol. The number of ether oxygens (including phenoxy) is 1. The van der Waals surface area contributed by atoms with E-state index >= 15 is 0 Å². The van der Waals surface area contributed by atoms with Gasteiger partial charge >= 0.3 is 0 Å². The number of carbonyl (C=O) groups excluding carboxylic acids is 1. The Hall–Kier alpha value is -0.660. The van der Waals surface area contributed by atoms with Gasteiger partial charge in [0.2, 0.25) is 5.91 Å². The maximum Gasteiger partial charge on any atom is 0.236 e. The topological polar surface area (TPSA) is 98.5 Å². The molecule has 6 nitrogen and oxygen atoms in total. The van der Waals surface area contributed by atoms with Gasteiger partial charge in [-0.2, -0.15) is 0 Å². The Balaban J connectivity index is 2.15. The Morgan fingerprint density at radius 2 is 2.21 bits per heavy atom. The third kappa shape index (κ3) is 7.49. The summed E-state index contributed by atoms with van der Waals surface area (Å²) < 4.78 is 27.5. The van der Waals surface area contributed by atoms with E-state index in [4.69, 9.17) is 10.5 Å². The molecule has 112 valence electrons. The van der Waals surface area contributed by atoms with Gasteiger partial charge < -0.3 is 15.8 Å². The molecule has 0 spiro atoms. The number of nitrogens with two attached hydrogens (primary N) is 1. The van der Waals surface area contributed by atoms with E-state index in [9.17, 15) is 13.2 Å². The molecule has 2 atom stereocenters. The van der Waals surface area contributed by atoms with Gasteiger partial charge in [-0.1, -0.05) is 0 Å². The zero-order valence-electron chi connectivity index (χ0n) is 11.4. The van der Waals surface area contributed by atoms with Crippen LogP contribution in [-0.4, -0.2) is 51.6 Å². The van der Waals surface area contributed by atoms with Gasteiger partial charge in [0.1, 0.15) is 9.84 Å². The smallest absolute Gasteiger partial charge is 0.236 e. The van der Waals surface area contributed by atoms with Gasteiger partial charge in [-0.25, -0.2) is 8.42 Å². The zero-order chi connectivity index (χ0) is 14.3. The Labute approximate surface area is 115 Å². The summed E-state index contributed by atoms with van der Waals surface area (Å²) in [6, 6.07) is -0.762. The Morgan fingerprint density at radius 1 is 1.47 bits per heavy atom. The van der Waals surface area contributed by atoms with Gasteiger partial charge in [0, 0.05) is 19.4 Å². The summed E-state index contributed by atoms with van der Waals surface area (Å²) in [6.07, 6.45) is 5.62. The van der Waals surface area contributed by atoms with E-state index in [0.29, 0.717) is 6.54 Å². The van der Waals surface area contributed by atoms with Crippen molar-refractivity contribution >= 4 is 15.7 Å². The third-order valence-electron chi connectivity index (χ3n) is 3.18. The predicted molar refractivity (Wildman–Crippen MR) is 73.5 cm³/mol. The van der Waals surface area contributed by atoms with Crippen molar-refractivity contribution in [3.05, 3.63) is 0 Å². The molecule has 1 fully saturated rings. The second-order valence-electron chi connectivity index (χ2n) is 5.09. The lowest BCUT2D eigenvalue weighted by Crippen LogP contribution is -2.42. The monoisotopic (exact) mass is 292 g/mol. The molecule has 1 amide bonds. The first kappa shape index (κ1) is 16.4. The molecule has 1 heterocycles. The molecule has 19 heavy (non-hydrogen) atoms. The molecule has 1 rings (SSSR count). The Kier molecular flexibility index (Phi) is 6.74. The van der Waals surface area contributed by atoms with Gasteiger partial charge in [-0.05, 0) is 32.1 Å². The van der Waals surface area contributed by atoms with E-state index in [1.165, 1.54) is 6.42 Å². The maximum absolute atomic E-state index is 11.6. The number of sulfone groups is 1. The molecule has 0 aromatic rings.